The van der Waals surface area contributed by atoms with Crippen LogP contribution in [0.3, 0.4) is 0 Å². The van der Waals surface area contributed by atoms with Gasteiger partial charge in [-0.3, -0.25) is 0 Å². The highest BCUT2D eigenvalue weighted by Gasteiger charge is 2.13. The molecule has 0 aliphatic rings. The van der Waals surface area contributed by atoms with Crippen molar-refractivity contribution in [1.29, 1.82) is 0 Å². The third-order valence-electron chi connectivity index (χ3n) is 2.91. The first kappa shape index (κ1) is 14.5. The molecule has 1 atom stereocenters. The molecular weight excluding hydrogens is 351 g/mol. The van der Waals surface area contributed by atoms with Gasteiger partial charge in [-0.25, -0.2) is 9.67 Å². The normalized spacial score (nSPS) is 12.9. The summed E-state index contributed by atoms with van der Waals surface area (Å²) in [5.74, 6) is 1.51. The third kappa shape index (κ3) is 4.01. The first-order chi connectivity index (χ1) is 9.06. The molecular formula is C14H19IN4. The molecule has 1 unspecified atom stereocenters. The van der Waals surface area contributed by atoms with Crippen molar-refractivity contribution in [2.45, 2.75) is 32.9 Å². The van der Waals surface area contributed by atoms with E-state index in [1.54, 1.807) is 6.33 Å². The van der Waals surface area contributed by atoms with Crippen molar-refractivity contribution in [3.8, 4) is 0 Å². The Kier molecular flexibility index (Phi) is 4.93. The number of benzene rings is 1. The van der Waals surface area contributed by atoms with Crippen LogP contribution in [0.2, 0.25) is 0 Å². The zero-order valence-corrected chi connectivity index (χ0v) is 13.4. The van der Waals surface area contributed by atoms with E-state index in [4.69, 9.17) is 5.73 Å². The van der Waals surface area contributed by atoms with E-state index in [1.807, 2.05) is 10.7 Å². The molecule has 2 rings (SSSR count). The van der Waals surface area contributed by atoms with Crippen LogP contribution in [0.15, 0.2) is 30.6 Å². The summed E-state index contributed by atoms with van der Waals surface area (Å²) in [5.41, 5.74) is 7.41. The third-order valence-corrected chi connectivity index (χ3v) is 3.58. The lowest BCUT2D eigenvalue weighted by Gasteiger charge is -2.14. The summed E-state index contributed by atoms with van der Waals surface area (Å²) in [6, 6.07) is 8.25. The summed E-state index contributed by atoms with van der Waals surface area (Å²) in [5, 5.41) is 4.27. The SMILES string of the molecule is CC(C)Cn1ncnc1CC(N)c1cccc(I)c1. The molecule has 1 aromatic carbocycles. The van der Waals surface area contributed by atoms with Gasteiger partial charge in [-0.2, -0.15) is 5.10 Å². The van der Waals surface area contributed by atoms with E-state index in [0.29, 0.717) is 12.3 Å². The maximum atomic E-state index is 6.27. The van der Waals surface area contributed by atoms with Crippen LogP contribution in [-0.2, 0) is 13.0 Å². The second-order valence-electron chi connectivity index (χ2n) is 5.12. The zero-order valence-electron chi connectivity index (χ0n) is 11.3. The van der Waals surface area contributed by atoms with Gasteiger partial charge >= 0.3 is 0 Å². The molecule has 19 heavy (non-hydrogen) atoms. The monoisotopic (exact) mass is 370 g/mol. The van der Waals surface area contributed by atoms with Crippen LogP contribution in [0, 0.1) is 9.49 Å². The van der Waals surface area contributed by atoms with Crippen LogP contribution in [-0.4, -0.2) is 14.8 Å². The van der Waals surface area contributed by atoms with E-state index < -0.39 is 0 Å². The minimum atomic E-state index is -0.0372. The Morgan fingerprint density at radius 1 is 1.37 bits per heavy atom. The largest absolute Gasteiger partial charge is 0.324 e. The van der Waals surface area contributed by atoms with E-state index in [1.165, 1.54) is 3.57 Å². The maximum Gasteiger partial charge on any atom is 0.138 e. The van der Waals surface area contributed by atoms with Gasteiger partial charge in [0.1, 0.15) is 12.2 Å². The molecule has 2 N–H and O–H groups in total. The highest BCUT2D eigenvalue weighted by molar-refractivity contribution is 14.1. The van der Waals surface area contributed by atoms with Crippen molar-refractivity contribution in [1.82, 2.24) is 14.8 Å². The van der Waals surface area contributed by atoms with Crippen molar-refractivity contribution in [2.24, 2.45) is 11.7 Å². The maximum absolute atomic E-state index is 6.27. The molecule has 0 fully saturated rings. The van der Waals surface area contributed by atoms with Gasteiger partial charge in [0.25, 0.3) is 0 Å². The van der Waals surface area contributed by atoms with Crippen LogP contribution in [0.25, 0.3) is 0 Å². The van der Waals surface area contributed by atoms with Crippen LogP contribution in [0.4, 0.5) is 0 Å². The van der Waals surface area contributed by atoms with E-state index in [2.05, 4.69) is 64.7 Å². The predicted molar refractivity (Wildman–Crippen MR) is 84.7 cm³/mol. The smallest absolute Gasteiger partial charge is 0.138 e. The predicted octanol–water partition coefficient (Wildman–Crippen LogP) is 2.78. The Hall–Kier alpha value is -0.950. The standard InChI is InChI=1S/C14H19IN4/c1-10(2)8-19-14(17-9-18-19)7-13(16)11-4-3-5-12(15)6-11/h3-6,9-10,13H,7-8,16H2,1-2H3. The average molecular weight is 370 g/mol. The van der Waals surface area contributed by atoms with E-state index in [0.717, 1.165) is 17.9 Å². The molecule has 0 spiro atoms. The minimum absolute atomic E-state index is 0.0372. The lowest BCUT2D eigenvalue weighted by Crippen LogP contribution is -2.18. The highest BCUT2D eigenvalue weighted by atomic mass is 127. The first-order valence-electron chi connectivity index (χ1n) is 6.44. The van der Waals surface area contributed by atoms with Gasteiger partial charge in [0.15, 0.2) is 0 Å². The van der Waals surface area contributed by atoms with Crippen LogP contribution < -0.4 is 5.73 Å². The fourth-order valence-electron chi connectivity index (χ4n) is 2.00. The lowest BCUT2D eigenvalue weighted by atomic mass is 10.0. The van der Waals surface area contributed by atoms with Crippen LogP contribution >= 0.6 is 22.6 Å². The molecule has 102 valence electrons. The van der Waals surface area contributed by atoms with Crippen molar-refractivity contribution in [2.75, 3.05) is 0 Å². The number of hydrogen-bond donors (Lipinski definition) is 1. The molecule has 1 heterocycles. The van der Waals surface area contributed by atoms with Gasteiger partial charge in [-0.15, -0.1) is 0 Å². The summed E-state index contributed by atoms with van der Waals surface area (Å²) < 4.78 is 3.16. The summed E-state index contributed by atoms with van der Waals surface area (Å²) in [7, 11) is 0. The summed E-state index contributed by atoms with van der Waals surface area (Å²) in [6.07, 6.45) is 2.33. The average Bonchev–Trinajstić information content (AvgIpc) is 2.75. The molecule has 4 nitrogen and oxygen atoms in total. The molecule has 0 bridgehead atoms. The van der Waals surface area contributed by atoms with Crippen molar-refractivity contribution in [3.63, 3.8) is 0 Å². The Labute approximate surface area is 127 Å². The number of aromatic nitrogens is 3. The van der Waals surface area contributed by atoms with Gasteiger partial charge < -0.3 is 5.73 Å². The van der Waals surface area contributed by atoms with Gasteiger partial charge in [-0.05, 0) is 46.2 Å². The minimum Gasteiger partial charge on any atom is -0.324 e. The van der Waals surface area contributed by atoms with Crippen molar-refractivity contribution in [3.05, 3.63) is 45.6 Å². The second-order valence-corrected chi connectivity index (χ2v) is 6.36. The Bertz CT molecular complexity index is 536. The van der Waals surface area contributed by atoms with Crippen LogP contribution in [0.1, 0.15) is 31.3 Å². The number of nitrogens with two attached hydrogens (primary N) is 1. The van der Waals surface area contributed by atoms with E-state index in [9.17, 15) is 0 Å². The molecule has 1 aromatic heterocycles. The Morgan fingerprint density at radius 2 is 2.16 bits per heavy atom. The van der Waals surface area contributed by atoms with Gasteiger partial charge in [-0.1, -0.05) is 26.0 Å². The van der Waals surface area contributed by atoms with Crippen molar-refractivity contribution < 1.29 is 0 Å². The number of hydrogen-bond acceptors (Lipinski definition) is 3. The number of nitrogens with zero attached hydrogens (tertiary/aromatic N) is 3. The molecule has 0 radical (unpaired) electrons. The number of rotatable bonds is 5. The molecule has 0 saturated carbocycles. The van der Waals surface area contributed by atoms with Crippen LogP contribution in [0.5, 0.6) is 0 Å². The fraction of sp³-hybridized carbons (Fsp3) is 0.429. The molecule has 0 aliphatic heterocycles. The van der Waals surface area contributed by atoms with Gasteiger partial charge in [0.2, 0.25) is 0 Å². The second kappa shape index (κ2) is 6.47. The van der Waals surface area contributed by atoms with Crippen molar-refractivity contribution >= 4 is 22.6 Å². The topological polar surface area (TPSA) is 56.7 Å². The first-order valence-corrected chi connectivity index (χ1v) is 7.52. The molecule has 2 aromatic rings. The zero-order chi connectivity index (χ0) is 13.8. The fourth-order valence-corrected chi connectivity index (χ4v) is 2.56. The summed E-state index contributed by atoms with van der Waals surface area (Å²) >= 11 is 2.30. The van der Waals surface area contributed by atoms with E-state index in [-0.39, 0.29) is 6.04 Å². The molecule has 0 aliphatic carbocycles. The molecule has 0 saturated heterocycles. The molecule has 0 amide bonds. The van der Waals surface area contributed by atoms with E-state index >= 15 is 0 Å². The van der Waals surface area contributed by atoms with Gasteiger partial charge in [0, 0.05) is 22.6 Å². The summed E-state index contributed by atoms with van der Waals surface area (Å²) in [6.45, 7) is 5.23. The molecule has 5 heteroatoms. The Balaban J connectivity index is 2.10. The summed E-state index contributed by atoms with van der Waals surface area (Å²) in [4.78, 5) is 4.33. The quantitative estimate of drug-likeness (QED) is 0.824. The Morgan fingerprint density at radius 3 is 2.84 bits per heavy atom. The lowest BCUT2D eigenvalue weighted by molar-refractivity contribution is 0.459. The van der Waals surface area contributed by atoms with Gasteiger partial charge in [0.05, 0.1) is 0 Å². The highest BCUT2D eigenvalue weighted by Crippen LogP contribution is 2.17. The number of halogens is 1.